The third-order valence-corrected chi connectivity index (χ3v) is 4.45. The SMILES string of the molecule is O=C(NC[C@]12C=C[C@H](O1)[C@H]1C(=O)OC(=O)[C@@H]12)Nc1ccccc1. The monoisotopic (exact) mass is 314 g/mol. The summed E-state index contributed by atoms with van der Waals surface area (Å²) in [6.45, 7) is 0.0855. The quantitative estimate of drug-likeness (QED) is 0.490. The molecule has 0 spiro atoms. The molecule has 0 aliphatic carbocycles. The fraction of sp³-hybridized carbons (Fsp3) is 0.312. The van der Waals surface area contributed by atoms with Gasteiger partial charge in [-0.25, -0.2) is 4.79 Å². The number of amides is 2. The van der Waals surface area contributed by atoms with Gasteiger partial charge in [0.05, 0.1) is 12.6 Å². The Hall–Kier alpha value is -2.67. The lowest BCUT2D eigenvalue weighted by molar-refractivity contribution is -0.158. The number of hydrogen-bond donors (Lipinski definition) is 2. The summed E-state index contributed by atoms with van der Waals surface area (Å²) >= 11 is 0. The minimum absolute atomic E-state index is 0.0855. The van der Waals surface area contributed by atoms with Crippen molar-refractivity contribution in [3.8, 4) is 0 Å². The van der Waals surface area contributed by atoms with Crippen molar-refractivity contribution in [3.63, 3.8) is 0 Å². The summed E-state index contributed by atoms with van der Waals surface area (Å²) in [5, 5.41) is 5.38. The zero-order valence-corrected chi connectivity index (χ0v) is 12.0. The van der Waals surface area contributed by atoms with Gasteiger partial charge in [-0.05, 0) is 12.1 Å². The van der Waals surface area contributed by atoms with Gasteiger partial charge < -0.3 is 20.1 Å². The molecule has 0 saturated carbocycles. The van der Waals surface area contributed by atoms with Crippen molar-refractivity contribution in [1.29, 1.82) is 0 Å². The minimum atomic E-state index is -1.01. The molecule has 2 saturated heterocycles. The van der Waals surface area contributed by atoms with E-state index in [0.29, 0.717) is 5.69 Å². The smallest absolute Gasteiger partial charge is 0.320 e. The number of esters is 2. The maximum Gasteiger partial charge on any atom is 0.320 e. The van der Waals surface area contributed by atoms with Crippen LogP contribution in [0.1, 0.15) is 0 Å². The predicted molar refractivity (Wildman–Crippen MR) is 78.3 cm³/mol. The van der Waals surface area contributed by atoms with Crippen molar-refractivity contribution >= 4 is 23.7 Å². The first-order valence-corrected chi connectivity index (χ1v) is 7.32. The van der Waals surface area contributed by atoms with Crippen LogP contribution < -0.4 is 10.6 Å². The Balaban J connectivity index is 1.45. The Kier molecular flexibility index (Phi) is 2.99. The summed E-state index contributed by atoms with van der Waals surface area (Å²) in [5.74, 6) is -2.43. The largest absolute Gasteiger partial charge is 0.393 e. The number of carbonyl (C=O) groups is 3. The highest BCUT2D eigenvalue weighted by molar-refractivity contribution is 5.99. The molecular weight excluding hydrogens is 300 g/mol. The summed E-state index contributed by atoms with van der Waals surface area (Å²) < 4.78 is 10.5. The van der Waals surface area contributed by atoms with Crippen LogP contribution in [0.4, 0.5) is 10.5 Å². The van der Waals surface area contributed by atoms with Crippen molar-refractivity contribution < 1.29 is 23.9 Å². The van der Waals surface area contributed by atoms with Gasteiger partial charge in [0.15, 0.2) is 0 Å². The van der Waals surface area contributed by atoms with Gasteiger partial charge in [-0.1, -0.05) is 30.4 Å². The van der Waals surface area contributed by atoms with Crippen molar-refractivity contribution in [2.45, 2.75) is 11.7 Å². The molecule has 2 N–H and O–H groups in total. The topological polar surface area (TPSA) is 93.7 Å². The highest BCUT2D eigenvalue weighted by Crippen LogP contribution is 2.50. The van der Waals surface area contributed by atoms with E-state index in [2.05, 4.69) is 10.6 Å². The first-order valence-electron chi connectivity index (χ1n) is 7.32. The van der Waals surface area contributed by atoms with Gasteiger partial charge in [-0.15, -0.1) is 0 Å². The normalized spacial score (nSPS) is 33.5. The molecule has 4 atom stereocenters. The number of hydrogen-bond acceptors (Lipinski definition) is 5. The zero-order chi connectivity index (χ0) is 16.0. The fourth-order valence-corrected chi connectivity index (χ4v) is 3.43. The van der Waals surface area contributed by atoms with Gasteiger partial charge in [0.1, 0.15) is 17.4 Å². The summed E-state index contributed by atoms with van der Waals surface area (Å²) in [6.07, 6.45) is 3.03. The first kappa shape index (κ1) is 14.0. The van der Waals surface area contributed by atoms with Gasteiger partial charge in [-0.3, -0.25) is 9.59 Å². The molecule has 2 amide bonds. The number of carbonyl (C=O) groups excluding carboxylic acids is 3. The lowest BCUT2D eigenvalue weighted by Gasteiger charge is -2.27. The van der Waals surface area contributed by atoms with E-state index in [1.54, 1.807) is 24.3 Å². The third kappa shape index (κ3) is 2.12. The molecule has 0 unspecified atom stereocenters. The van der Waals surface area contributed by atoms with Gasteiger partial charge >= 0.3 is 18.0 Å². The summed E-state index contributed by atoms with van der Waals surface area (Å²) in [7, 11) is 0. The van der Waals surface area contributed by atoms with Crippen LogP contribution in [0.2, 0.25) is 0 Å². The van der Waals surface area contributed by atoms with Crippen LogP contribution >= 0.6 is 0 Å². The van der Waals surface area contributed by atoms with Crippen molar-refractivity contribution in [2.24, 2.45) is 11.8 Å². The van der Waals surface area contributed by atoms with E-state index in [9.17, 15) is 14.4 Å². The predicted octanol–water partition coefficient (Wildman–Crippen LogP) is 0.831. The van der Waals surface area contributed by atoms with Crippen LogP contribution in [0.15, 0.2) is 42.5 Å². The molecule has 7 heteroatoms. The lowest BCUT2D eigenvalue weighted by Crippen LogP contribution is -2.48. The number of para-hydroxylation sites is 1. The van der Waals surface area contributed by atoms with E-state index < -0.39 is 41.5 Å². The average Bonchev–Trinajstić information content (AvgIpc) is 3.18. The second kappa shape index (κ2) is 4.92. The Morgan fingerprint density at radius 1 is 1.17 bits per heavy atom. The molecule has 1 aromatic rings. The van der Waals surface area contributed by atoms with E-state index in [1.165, 1.54) is 0 Å². The van der Waals surface area contributed by atoms with Crippen LogP contribution in [0.5, 0.6) is 0 Å². The van der Waals surface area contributed by atoms with Crippen molar-refractivity contribution in [1.82, 2.24) is 5.32 Å². The standard InChI is InChI=1S/C16H14N2O5/c19-13-11-10-6-7-16(23-10,12(11)14(20)22-13)8-17-15(21)18-9-4-2-1-3-5-9/h1-7,10-12H,8H2,(H2,17,18,21)/t10-,11+,12+,16-/m0/s1. The average molecular weight is 314 g/mol. The maximum absolute atomic E-state index is 12.0. The number of urea groups is 1. The number of cyclic esters (lactones) is 2. The molecule has 3 aliphatic heterocycles. The second-order valence-electron chi connectivity index (χ2n) is 5.81. The number of benzene rings is 1. The molecule has 3 heterocycles. The number of nitrogens with one attached hydrogen (secondary N) is 2. The Morgan fingerprint density at radius 3 is 2.74 bits per heavy atom. The molecule has 2 bridgehead atoms. The Morgan fingerprint density at radius 2 is 1.96 bits per heavy atom. The van der Waals surface area contributed by atoms with Crippen LogP contribution in [0.3, 0.4) is 0 Å². The lowest BCUT2D eigenvalue weighted by atomic mass is 9.77. The van der Waals surface area contributed by atoms with Crippen LogP contribution in [0, 0.1) is 11.8 Å². The summed E-state index contributed by atoms with van der Waals surface area (Å²) in [5.41, 5.74) is -0.352. The van der Waals surface area contributed by atoms with E-state index in [4.69, 9.17) is 9.47 Å². The second-order valence-corrected chi connectivity index (χ2v) is 5.81. The first-order chi connectivity index (χ1) is 11.1. The van der Waals surface area contributed by atoms with Crippen LogP contribution in [-0.2, 0) is 19.1 Å². The molecule has 1 aromatic carbocycles. The van der Waals surface area contributed by atoms with E-state index in [0.717, 1.165) is 0 Å². The molecule has 4 rings (SSSR count). The molecule has 0 aromatic heterocycles. The Labute approximate surface area is 131 Å². The molecule has 3 aliphatic rings. The zero-order valence-electron chi connectivity index (χ0n) is 12.0. The molecule has 0 radical (unpaired) electrons. The van der Waals surface area contributed by atoms with Crippen molar-refractivity contribution in [2.75, 3.05) is 11.9 Å². The van der Waals surface area contributed by atoms with E-state index >= 15 is 0 Å². The highest BCUT2D eigenvalue weighted by Gasteiger charge is 2.66. The number of fused-ring (bicyclic) bond motifs is 5. The van der Waals surface area contributed by atoms with Gasteiger partial charge in [-0.2, -0.15) is 0 Å². The molecular formula is C16H14N2O5. The number of rotatable bonds is 3. The number of anilines is 1. The van der Waals surface area contributed by atoms with E-state index in [-0.39, 0.29) is 6.54 Å². The van der Waals surface area contributed by atoms with Gasteiger partial charge in [0, 0.05) is 5.69 Å². The van der Waals surface area contributed by atoms with E-state index in [1.807, 2.05) is 18.2 Å². The molecule has 2 fully saturated rings. The minimum Gasteiger partial charge on any atom is -0.393 e. The summed E-state index contributed by atoms with van der Waals surface area (Å²) in [4.78, 5) is 35.6. The van der Waals surface area contributed by atoms with Gasteiger partial charge in [0.25, 0.3) is 0 Å². The van der Waals surface area contributed by atoms with Gasteiger partial charge in [0.2, 0.25) is 0 Å². The molecule has 23 heavy (non-hydrogen) atoms. The summed E-state index contributed by atoms with van der Waals surface area (Å²) in [6, 6.07) is 8.58. The maximum atomic E-state index is 12.0. The van der Waals surface area contributed by atoms with Crippen LogP contribution in [-0.4, -0.2) is 36.2 Å². The fourth-order valence-electron chi connectivity index (χ4n) is 3.43. The highest BCUT2D eigenvalue weighted by atomic mass is 16.6. The third-order valence-electron chi connectivity index (χ3n) is 4.45. The van der Waals surface area contributed by atoms with Crippen molar-refractivity contribution in [3.05, 3.63) is 42.5 Å². The Bertz CT molecular complexity index is 716. The number of ether oxygens (including phenoxy) is 2. The molecule has 118 valence electrons. The van der Waals surface area contributed by atoms with Crippen LogP contribution in [0.25, 0.3) is 0 Å². The molecule has 7 nitrogen and oxygen atoms in total.